The molecule has 3 nitrogen and oxygen atoms in total. The van der Waals surface area contributed by atoms with Crippen LogP contribution in [0, 0.1) is 11.3 Å². The van der Waals surface area contributed by atoms with Crippen molar-refractivity contribution in [1.29, 1.82) is 5.26 Å². The lowest BCUT2D eigenvalue weighted by Gasteiger charge is -2.30. The van der Waals surface area contributed by atoms with E-state index in [1.807, 2.05) is 24.3 Å². The quantitative estimate of drug-likeness (QED) is 0.707. The first-order valence-corrected chi connectivity index (χ1v) is 5.12. The van der Waals surface area contributed by atoms with Crippen molar-refractivity contribution in [3.05, 3.63) is 29.8 Å². The molecule has 1 heterocycles. The Balaban J connectivity index is 2.33. The van der Waals surface area contributed by atoms with Crippen LogP contribution in [0.25, 0.3) is 0 Å². The summed E-state index contributed by atoms with van der Waals surface area (Å²) in [5.74, 6) is 0. The number of nitrogens with two attached hydrogens (primary N) is 1. The van der Waals surface area contributed by atoms with E-state index in [2.05, 4.69) is 6.07 Å². The molecule has 1 saturated heterocycles. The minimum Gasteiger partial charge on any atom is -0.399 e. The Morgan fingerprint density at radius 1 is 1.33 bits per heavy atom. The van der Waals surface area contributed by atoms with Gasteiger partial charge in [0.2, 0.25) is 0 Å². The van der Waals surface area contributed by atoms with Crippen molar-refractivity contribution < 1.29 is 4.74 Å². The van der Waals surface area contributed by atoms with Gasteiger partial charge in [0.25, 0.3) is 0 Å². The van der Waals surface area contributed by atoms with E-state index in [1.54, 1.807) is 0 Å². The van der Waals surface area contributed by atoms with Gasteiger partial charge in [-0.1, -0.05) is 12.1 Å². The summed E-state index contributed by atoms with van der Waals surface area (Å²) >= 11 is 0. The summed E-state index contributed by atoms with van der Waals surface area (Å²) in [7, 11) is 0. The van der Waals surface area contributed by atoms with E-state index in [0.717, 1.165) is 30.7 Å². The predicted octanol–water partition coefficient (Wildman–Crippen LogP) is 1.84. The molecule has 1 fully saturated rings. The van der Waals surface area contributed by atoms with Crippen LogP contribution in [0.1, 0.15) is 18.4 Å². The van der Waals surface area contributed by atoms with Crippen LogP contribution < -0.4 is 5.73 Å². The fourth-order valence-corrected chi connectivity index (χ4v) is 1.98. The summed E-state index contributed by atoms with van der Waals surface area (Å²) in [6.07, 6.45) is 1.81. The first-order valence-electron chi connectivity index (χ1n) is 5.12. The molecule has 1 aromatic carbocycles. The zero-order valence-corrected chi connectivity index (χ0v) is 8.57. The molecular weight excluding hydrogens is 188 g/mol. The van der Waals surface area contributed by atoms with Crippen molar-refractivity contribution in [3.8, 4) is 6.07 Å². The Hall–Kier alpha value is -1.53. The highest BCUT2D eigenvalue weighted by atomic mass is 16.5. The van der Waals surface area contributed by atoms with Gasteiger partial charge in [0, 0.05) is 12.3 Å². The van der Waals surface area contributed by atoms with Gasteiger partial charge in [0.05, 0.1) is 12.7 Å². The number of nitriles is 1. The molecule has 0 saturated carbocycles. The molecule has 0 amide bonds. The lowest BCUT2D eigenvalue weighted by molar-refractivity contribution is 0.0563. The third kappa shape index (κ3) is 1.81. The van der Waals surface area contributed by atoms with Gasteiger partial charge >= 0.3 is 0 Å². The number of ether oxygens (including phenoxy) is 1. The smallest absolute Gasteiger partial charge is 0.106 e. The maximum atomic E-state index is 9.30. The van der Waals surface area contributed by atoms with E-state index in [4.69, 9.17) is 10.5 Å². The number of benzene rings is 1. The fourth-order valence-electron chi connectivity index (χ4n) is 1.98. The van der Waals surface area contributed by atoms with E-state index in [-0.39, 0.29) is 0 Å². The molecule has 1 aromatic rings. The number of hydrogen-bond acceptors (Lipinski definition) is 3. The lowest BCUT2D eigenvalue weighted by atomic mass is 9.77. The molecular formula is C12H14N2O. The second-order valence-electron chi connectivity index (χ2n) is 3.97. The molecule has 1 atom stereocenters. The van der Waals surface area contributed by atoms with Gasteiger partial charge in [0.15, 0.2) is 0 Å². The highest BCUT2D eigenvalue weighted by Gasteiger charge is 2.34. The number of hydrogen-bond donors (Lipinski definition) is 1. The third-order valence-corrected chi connectivity index (χ3v) is 2.92. The average Bonchev–Trinajstić information content (AvgIpc) is 2.31. The predicted molar refractivity (Wildman–Crippen MR) is 58.2 cm³/mol. The second-order valence-corrected chi connectivity index (χ2v) is 3.97. The van der Waals surface area contributed by atoms with Gasteiger partial charge in [-0.05, 0) is 30.5 Å². The van der Waals surface area contributed by atoms with Crippen molar-refractivity contribution in [3.63, 3.8) is 0 Å². The zero-order chi connectivity index (χ0) is 10.7. The van der Waals surface area contributed by atoms with Gasteiger partial charge in [0.1, 0.15) is 5.41 Å². The second kappa shape index (κ2) is 3.92. The largest absolute Gasteiger partial charge is 0.399 e. The van der Waals surface area contributed by atoms with E-state index in [1.165, 1.54) is 0 Å². The zero-order valence-electron chi connectivity index (χ0n) is 8.57. The molecule has 3 heteroatoms. The van der Waals surface area contributed by atoms with Crippen LogP contribution in [0.15, 0.2) is 24.3 Å². The molecule has 0 bridgehead atoms. The van der Waals surface area contributed by atoms with Crippen LogP contribution in [-0.4, -0.2) is 13.2 Å². The Kier molecular flexibility index (Phi) is 2.61. The summed E-state index contributed by atoms with van der Waals surface area (Å²) in [6.45, 7) is 1.26. The Bertz CT molecular complexity index is 372. The molecule has 15 heavy (non-hydrogen) atoms. The highest BCUT2D eigenvalue weighted by Crippen LogP contribution is 2.32. The van der Waals surface area contributed by atoms with Crippen LogP contribution in [0.3, 0.4) is 0 Å². The van der Waals surface area contributed by atoms with Crippen molar-refractivity contribution >= 4 is 5.69 Å². The van der Waals surface area contributed by atoms with Crippen LogP contribution in [0.2, 0.25) is 0 Å². The molecule has 2 rings (SSSR count). The fraction of sp³-hybridized carbons (Fsp3) is 0.417. The number of anilines is 1. The Morgan fingerprint density at radius 3 is 2.60 bits per heavy atom. The van der Waals surface area contributed by atoms with Crippen molar-refractivity contribution in [2.45, 2.75) is 18.3 Å². The average molecular weight is 202 g/mol. The van der Waals surface area contributed by atoms with Gasteiger partial charge in [-0.3, -0.25) is 0 Å². The maximum Gasteiger partial charge on any atom is 0.106 e. The summed E-state index contributed by atoms with van der Waals surface area (Å²) in [5.41, 5.74) is 6.90. The van der Waals surface area contributed by atoms with Crippen LogP contribution in [0.4, 0.5) is 5.69 Å². The Labute approximate surface area is 89.5 Å². The normalized spacial score (nSPS) is 25.8. The van der Waals surface area contributed by atoms with Gasteiger partial charge < -0.3 is 10.5 Å². The lowest BCUT2D eigenvalue weighted by Crippen LogP contribution is -2.34. The van der Waals surface area contributed by atoms with Gasteiger partial charge in [-0.25, -0.2) is 0 Å². The first-order chi connectivity index (χ1) is 7.27. The molecule has 1 unspecified atom stereocenters. The minimum absolute atomic E-state index is 0.466. The van der Waals surface area contributed by atoms with Crippen molar-refractivity contribution in [2.24, 2.45) is 0 Å². The topological polar surface area (TPSA) is 59.0 Å². The number of rotatable bonds is 1. The van der Waals surface area contributed by atoms with E-state index < -0.39 is 5.41 Å². The van der Waals surface area contributed by atoms with E-state index in [0.29, 0.717) is 6.61 Å². The molecule has 0 spiro atoms. The van der Waals surface area contributed by atoms with Crippen LogP contribution in [-0.2, 0) is 10.2 Å². The summed E-state index contributed by atoms with van der Waals surface area (Å²) in [4.78, 5) is 0. The molecule has 2 N–H and O–H groups in total. The first kappa shape index (κ1) is 10.0. The standard InChI is InChI=1S/C12H14N2O/c13-8-12(6-1-7-15-9-12)10-2-4-11(14)5-3-10/h2-5H,1,6-7,9,14H2. The van der Waals surface area contributed by atoms with Crippen LogP contribution >= 0.6 is 0 Å². The third-order valence-electron chi connectivity index (χ3n) is 2.92. The maximum absolute atomic E-state index is 9.30. The molecule has 1 aliphatic heterocycles. The summed E-state index contributed by atoms with van der Waals surface area (Å²) in [6, 6.07) is 9.91. The number of nitrogen functional groups attached to an aromatic ring is 1. The monoisotopic (exact) mass is 202 g/mol. The van der Waals surface area contributed by atoms with Crippen molar-refractivity contribution in [2.75, 3.05) is 18.9 Å². The van der Waals surface area contributed by atoms with Gasteiger partial charge in [-0.15, -0.1) is 0 Å². The summed E-state index contributed by atoms with van der Waals surface area (Å²) in [5, 5.41) is 9.30. The van der Waals surface area contributed by atoms with Gasteiger partial charge in [-0.2, -0.15) is 5.26 Å². The van der Waals surface area contributed by atoms with E-state index >= 15 is 0 Å². The SMILES string of the molecule is N#CC1(c2ccc(N)cc2)CCCOC1. The Morgan fingerprint density at radius 2 is 2.07 bits per heavy atom. The van der Waals surface area contributed by atoms with E-state index in [9.17, 15) is 5.26 Å². The minimum atomic E-state index is -0.466. The molecule has 78 valence electrons. The van der Waals surface area contributed by atoms with Crippen molar-refractivity contribution in [1.82, 2.24) is 0 Å². The summed E-state index contributed by atoms with van der Waals surface area (Å²) < 4.78 is 5.41. The molecule has 0 aromatic heterocycles. The van der Waals surface area contributed by atoms with Crippen LogP contribution in [0.5, 0.6) is 0 Å². The highest BCUT2D eigenvalue weighted by molar-refractivity contribution is 5.43. The molecule has 1 aliphatic rings. The molecule has 0 aliphatic carbocycles. The number of nitrogens with zero attached hydrogens (tertiary/aromatic N) is 1. The molecule has 0 radical (unpaired) electrons.